The van der Waals surface area contributed by atoms with E-state index in [1.165, 1.54) is 0 Å². The van der Waals surface area contributed by atoms with Crippen molar-refractivity contribution in [2.75, 3.05) is 11.5 Å². The lowest BCUT2D eigenvalue weighted by molar-refractivity contribution is 0.100. The van der Waals surface area contributed by atoms with Crippen molar-refractivity contribution < 1.29 is 4.79 Å². The van der Waals surface area contributed by atoms with Crippen LogP contribution in [0.15, 0.2) is 42.5 Å². The minimum Gasteiger partial charge on any atom is -0.399 e. The van der Waals surface area contributed by atoms with E-state index < -0.39 is 5.91 Å². The first-order chi connectivity index (χ1) is 8.08. The van der Waals surface area contributed by atoms with Crippen molar-refractivity contribution in [3.63, 3.8) is 0 Å². The molecule has 17 heavy (non-hydrogen) atoms. The molecule has 4 heteroatoms. The van der Waals surface area contributed by atoms with Crippen LogP contribution in [0.2, 0.25) is 0 Å². The molecular formula is C13H13N3O. The molecule has 0 radical (unpaired) electrons. The summed E-state index contributed by atoms with van der Waals surface area (Å²) in [6.07, 6.45) is 0. The third-order valence-corrected chi connectivity index (χ3v) is 2.53. The third-order valence-electron chi connectivity index (χ3n) is 2.53. The van der Waals surface area contributed by atoms with Crippen LogP contribution >= 0.6 is 0 Å². The van der Waals surface area contributed by atoms with Crippen LogP contribution in [0.1, 0.15) is 10.4 Å². The topological polar surface area (TPSA) is 95.1 Å². The average Bonchev–Trinajstić information content (AvgIpc) is 2.30. The number of rotatable bonds is 2. The summed E-state index contributed by atoms with van der Waals surface area (Å²) < 4.78 is 0. The molecule has 0 saturated carbocycles. The number of carbonyl (C=O) groups excluding carboxylic acids is 1. The highest BCUT2D eigenvalue weighted by Crippen LogP contribution is 2.26. The highest BCUT2D eigenvalue weighted by Gasteiger charge is 2.10. The smallest absolute Gasteiger partial charge is 0.249 e. The van der Waals surface area contributed by atoms with E-state index in [0.717, 1.165) is 11.1 Å². The van der Waals surface area contributed by atoms with Gasteiger partial charge >= 0.3 is 0 Å². The first-order valence-corrected chi connectivity index (χ1v) is 5.13. The SMILES string of the molecule is NC(=O)c1cc(N)ccc1-c1ccc(N)cc1. The number of benzene rings is 2. The van der Waals surface area contributed by atoms with Crippen LogP contribution in [0, 0.1) is 0 Å². The number of anilines is 2. The fourth-order valence-electron chi connectivity index (χ4n) is 1.68. The summed E-state index contributed by atoms with van der Waals surface area (Å²) in [5.41, 5.74) is 19.8. The largest absolute Gasteiger partial charge is 0.399 e. The predicted octanol–water partition coefficient (Wildman–Crippen LogP) is 1.62. The Morgan fingerprint density at radius 2 is 1.47 bits per heavy atom. The number of primary amides is 1. The number of nitrogens with two attached hydrogens (primary N) is 3. The van der Waals surface area contributed by atoms with Crippen LogP contribution in [0.3, 0.4) is 0 Å². The first-order valence-electron chi connectivity index (χ1n) is 5.13. The van der Waals surface area contributed by atoms with Crippen molar-refractivity contribution in [3.8, 4) is 11.1 Å². The molecule has 0 atom stereocenters. The Bertz CT molecular complexity index is 561. The predicted molar refractivity (Wildman–Crippen MR) is 69.2 cm³/mol. The molecule has 0 aliphatic carbocycles. The van der Waals surface area contributed by atoms with Crippen LogP contribution in [-0.2, 0) is 0 Å². The van der Waals surface area contributed by atoms with Crippen molar-refractivity contribution >= 4 is 17.3 Å². The van der Waals surface area contributed by atoms with Crippen LogP contribution in [0.25, 0.3) is 11.1 Å². The fourth-order valence-corrected chi connectivity index (χ4v) is 1.68. The summed E-state index contributed by atoms with van der Waals surface area (Å²) in [6, 6.07) is 12.3. The van der Waals surface area contributed by atoms with Gasteiger partial charge in [0.1, 0.15) is 0 Å². The number of hydrogen-bond acceptors (Lipinski definition) is 3. The van der Waals surface area contributed by atoms with E-state index in [1.54, 1.807) is 30.3 Å². The number of amides is 1. The van der Waals surface area contributed by atoms with Gasteiger partial charge in [0.2, 0.25) is 5.91 Å². The molecule has 0 saturated heterocycles. The monoisotopic (exact) mass is 227 g/mol. The molecule has 1 amide bonds. The molecule has 0 aliphatic heterocycles. The van der Waals surface area contributed by atoms with Crippen molar-refractivity contribution in [1.29, 1.82) is 0 Å². The fraction of sp³-hybridized carbons (Fsp3) is 0. The molecule has 6 N–H and O–H groups in total. The van der Waals surface area contributed by atoms with Gasteiger partial charge in [0.05, 0.1) is 0 Å². The maximum absolute atomic E-state index is 11.4. The molecule has 86 valence electrons. The zero-order valence-corrected chi connectivity index (χ0v) is 9.18. The quantitative estimate of drug-likeness (QED) is 0.680. The number of carbonyl (C=O) groups is 1. The second kappa shape index (κ2) is 4.17. The molecule has 0 aromatic heterocycles. The zero-order valence-electron chi connectivity index (χ0n) is 9.18. The highest BCUT2D eigenvalue weighted by molar-refractivity contribution is 6.00. The van der Waals surface area contributed by atoms with Crippen molar-refractivity contribution in [2.45, 2.75) is 0 Å². The Labute approximate surface area is 99.0 Å². The minimum atomic E-state index is -0.496. The van der Waals surface area contributed by atoms with Crippen LogP contribution in [0.4, 0.5) is 11.4 Å². The normalized spacial score (nSPS) is 10.1. The first kappa shape index (κ1) is 11.0. The Morgan fingerprint density at radius 1 is 0.882 bits per heavy atom. The molecule has 0 spiro atoms. The van der Waals surface area contributed by atoms with Gasteiger partial charge in [-0.25, -0.2) is 0 Å². The van der Waals surface area contributed by atoms with Gasteiger partial charge in [0.15, 0.2) is 0 Å². The summed E-state index contributed by atoms with van der Waals surface area (Å²) in [7, 11) is 0. The van der Waals surface area contributed by atoms with Crippen LogP contribution < -0.4 is 17.2 Å². The summed E-state index contributed by atoms with van der Waals surface area (Å²) in [5.74, 6) is -0.496. The Morgan fingerprint density at radius 3 is 2.06 bits per heavy atom. The number of nitrogen functional groups attached to an aromatic ring is 2. The second-order valence-electron chi connectivity index (χ2n) is 3.79. The molecule has 0 heterocycles. The van der Waals surface area contributed by atoms with E-state index in [9.17, 15) is 4.79 Å². The molecule has 2 aromatic carbocycles. The second-order valence-corrected chi connectivity index (χ2v) is 3.79. The molecule has 0 unspecified atom stereocenters. The maximum Gasteiger partial charge on any atom is 0.249 e. The molecule has 4 nitrogen and oxygen atoms in total. The Balaban J connectivity index is 2.58. The van der Waals surface area contributed by atoms with E-state index >= 15 is 0 Å². The van der Waals surface area contributed by atoms with Gasteiger partial charge in [-0.1, -0.05) is 18.2 Å². The molecule has 0 bridgehead atoms. The van der Waals surface area contributed by atoms with Crippen molar-refractivity contribution in [2.24, 2.45) is 5.73 Å². The van der Waals surface area contributed by atoms with Crippen molar-refractivity contribution in [1.82, 2.24) is 0 Å². The highest BCUT2D eigenvalue weighted by atomic mass is 16.1. The lowest BCUT2D eigenvalue weighted by Gasteiger charge is -2.08. The minimum absolute atomic E-state index is 0.412. The molecule has 0 aliphatic rings. The van der Waals surface area contributed by atoms with Gasteiger partial charge in [-0.3, -0.25) is 4.79 Å². The van der Waals surface area contributed by atoms with Gasteiger partial charge in [-0.15, -0.1) is 0 Å². The van der Waals surface area contributed by atoms with E-state index in [4.69, 9.17) is 17.2 Å². The Kier molecular flexibility index (Phi) is 2.70. The molecular weight excluding hydrogens is 214 g/mol. The van der Waals surface area contributed by atoms with E-state index in [2.05, 4.69) is 0 Å². The van der Waals surface area contributed by atoms with Crippen LogP contribution in [-0.4, -0.2) is 5.91 Å². The third kappa shape index (κ3) is 2.20. The lowest BCUT2D eigenvalue weighted by Crippen LogP contribution is -2.12. The summed E-state index contributed by atoms with van der Waals surface area (Å²) in [4.78, 5) is 11.4. The number of hydrogen-bond donors (Lipinski definition) is 3. The summed E-state index contributed by atoms with van der Waals surface area (Å²) >= 11 is 0. The molecule has 2 aromatic rings. The van der Waals surface area contributed by atoms with E-state index in [1.807, 2.05) is 12.1 Å². The standard InChI is InChI=1S/C13H13N3O/c14-9-3-1-8(2-4-9)11-6-5-10(15)7-12(11)13(16)17/h1-7H,14-15H2,(H2,16,17). The van der Waals surface area contributed by atoms with Gasteiger partial charge < -0.3 is 17.2 Å². The maximum atomic E-state index is 11.4. The summed E-state index contributed by atoms with van der Waals surface area (Å²) in [5, 5.41) is 0. The summed E-state index contributed by atoms with van der Waals surface area (Å²) in [6.45, 7) is 0. The van der Waals surface area contributed by atoms with Crippen LogP contribution in [0.5, 0.6) is 0 Å². The van der Waals surface area contributed by atoms with Gasteiger partial charge in [0.25, 0.3) is 0 Å². The van der Waals surface area contributed by atoms with E-state index in [-0.39, 0.29) is 0 Å². The molecule has 0 fully saturated rings. The average molecular weight is 227 g/mol. The van der Waals surface area contributed by atoms with E-state index in [0.29, 0.717) is 16.9 Å². The molecule has 2 rings (SSSR count). The van der Waals surface area contributed by atoms with Crippen molar-refractivity contribution in [3.05, 3.63) is 48.0 Å². The Hall–Kier alpha value is -2.49. The van der Waals surface area contributed by atoms with Gasteiger partial charge in [0, 0.05) is 16.9 Å². The zero-order chi connectivity index (χ0) is 12.4. The lowest BCUT2D eigenvalue weighted by atomic mass is 9.98. The van der Waals surface area contributed by atoms with Gasteiger partial charge in [-0.2, -0.15) is 0 Å². The van der Waals surface area contributed by atoms with Gasteiger partial charge in [-0.05, 0) is 35.4 Å².